The molecule has 0 unspecified atom stereocenters. The molecule has 3 fully saturated rings. The Labute approximate surface area is 134 Å². The van der Waals surface area contributed by atoms with E-state index in [-0.39, 0.29) is 6.10 Å². The summed E-state index contributed by atoms with van der Waals surface area (Å²) in [6.45, 7) is 2.45. The van der Waals surface area contributed by atoms with E-state index in [0.29, 0.717) is 24.7 Å². The number of nitrogens with one attached hydrogen (secondary N) is 1. The van der Waals surface area contributed by atoms with Crippen molar-refractivity contribution in [3.8, 4) is 5.69 Å². The van der Waals surface area contributed by atoms with Crippen molar-refractivity contribution >= 4 is 0 Å². The molecule has 1 N–H and O–H groups in total. The fourth-order valence-electron chi connectivity index (χ4n) is 3.20. The molecule has 0 bridgehead atoms. The first-order valence-corrected chi connectivity index (χ1v) is 8.36. The highest BCUT2D eigenvalue weighted by molar-refractivity contribution is 5.34. The van der Waals surface area contributed by atoms with Gasteiger partial charge in [-0.15, -0.1) is 5.10 Å². The van der Waals surface area contributed by atoms with Gasteiger partial charge in [0.1, 0.15) is 6.10 Å². The average Bonchev–Trinajstić information content (AvgIpc) is 3.51. The van der Waals surface area contributed by atoms with E-state index in [1.807, 2.05) is 10.9 Å². The summed E-state index contributed by atoms with van der Waals surface area (Å²) < 4.78 is 13.4. The molecule has 6 heteroatoms. The number of nitrogens with zero attached hydrogens (tertiary/aromatic N) is 3. The van der Waals surface area contributed by atoms with Crippen molar-refractivity contribution in [2.24, 2.45) is 0 Å². The van der Waals surface area contributed by atoms with Crippen LogP contribution in [0.15, 0.2) is 30.5 Å². The molecule has 120 valence electrons. The predicted octanol–water partition coefficient (Wildman–Crippen LogP) is 1.40. The van der Waals surface area contributed by atoms with Crippen molar-refractivity contribution in [1.82, 2.24) is 20.3 Å². The number of piperidine rings is 1. The van der Waals surface area contributed by atoms with Crippen LogP contribution in [0.2, 0.25) is 0 Å². The summed E-state index contributed by atoms with van der Waals surface area (Å²) in [4.78, 5) is 0. The lowest BCUT2D eigenvalue weighted by Gasteiger charge is -2.20. The Morgan fingerprint density at radius 2 is 2.09 bits per heavy atom. The summed E-state index contributed by atoms with van der Waals surface area (Å²) in [5.41, 5.74) is 3.32. The van der Waals surface area contributed by atoms with E-state index in [1.54, 1.807) is 0 Å². The summed E-state index contributed by atoms with van der Waals surface area (Å²) in [5, 5.41) is 11.8. The molecule has 6 nitrogen and oxygen atoms in total. The molecular formula is C17H20N4O2. The minimum absolute atomic E-state index is 0.171. The number of fused-ring (bicyclic) bond motifs is 1. The average molecular weight is 312 g/mol. The van der Waals surface area contributed by atoms with E-state index in [9.17, 15) is 0 Å². The molecular weight excluding hydrogens is 292 g/mol. The predicted molar refractivity (Wildman–Crippen MR) is 83.4 cm³/mol. The van der Waals surface area contributed by atoms with Gasteiger partial charge in [-0.25, -0.2) is 4.68 Å². The lowest BCUT2D eigenvalue weighted by Crippen LogP contribution is -2.41. The lowest BCUT2D eigenvalue weighted by molar-refractivity contribution is 0.0211. The highest BCUT2D eigenvalue weighted by atomic mass is 16.6. The summed E-state index contributed by atoms with van der Waals surface area (Å²) in [6, 6.07) is 8.32. The SMILES string of the molecule is c1cc(-n2cc(C3CC3)nn2)ccc1CO[C@@H]1CNC[C@H]2O[C@@H]12. The normalized spacial score (nSPS) is 29.3. The molecule has 3 atom stereocenters. The molecule has 0 spiro atoms. The van der Waals surface area contributed by atoms with Crippen LogP contribution in [0.4, 0.5) is 0 Å². The number of aromatic nitrogens is 3. The zero-order chi connectivity index (χ0) is 15.2. The third-order valence-electron chi connectivity index (χ3n) is 4.85. The Balaban J connectivity index is 1.22. The standard InChI is InChI=1S/C17H20N4O2/c1-5-13(21-9-14(19-20-21)12-3-4-12)6-2-11(1)10-22-15-7-18-8-16-17(15)23-16/h1-2,5-6,9,12,15-18H,3-4,7-8,10H2/t15-,16-,17+/m1/s1. The van der Waals surface area contributed by atoms with E-state index in [0.717, 1.165) is 24.5 Å². The van der Waals surface area contributed by atoms with Crippen molar-refractivity contribution in [2.75, 3.05) is 13.1 Å². The number of ether oxygens (including phenoxy) is 2. The first-order chi connectivity index (χ1) is 11.4. The van der Waals surface area contributed by atoms with Crippen LogP contribution in [-0.4, -0.2) is 46.4 Å². The highest BCUT2D eigenvalue weighted by Gasteiger charge is 2.48. The molecule has 2 saturated heterocycles. The lowest BCUT2D eigenvalue weighted by atomic mass is 10.1. The van der Waals surface area contributed by atoms with Crippen LogP contribution in [0.1, 0.15) is 30.0 Å². The fourth-order valence-corrected chi connectivity index (χ4v) is 3.20. The highest BCUT2D eigenvalue weighted by Crippen LogP contribution is 2.38. The molecule has 1 saturated carbocycles. The molecule has 2 aliphatic heterocycles. The zero-order valence-corrected chi connectivity index (χ0v) is 12.9. The number of rotatable bonds is 5. The number of benzene rings is 1. The Kier molecular flexibility index (Phi) is 3.21. The summed E-state index contributed by atoms with van der Waals surface area (Å²) in [7, 11) is 0. The first kappa shape index (κ1) is 13.7. The van der Waals surface area contributed by atoms with Gasteiger partial charge in [-0.3, -0.25) is 0 Å². The third-order valence-corrected chi connectivity index (χ3v) is 4.85. The van der Waals surface area contributed by atoms with E-state index in [4.69, 9.17) is 9.47 Å². The third kappa shape index (κ3) is 2.78. The molecule has 23 heavy (non-hydrogen) atoms. The largest absolute Gasteiger partial charge is 0.369 e. The van der Waals surface area contributed by atoms with Gasteiger partial charge in [0.2, 0.25) is 0 Å². The maximum Gasteiger partial charge on any atom is 0.113 e. The monoisotopic (exact) mass is 312 g/mol. The first-order valence-electron chi connectivity index (χ1n) is 8.36. The van der Waals surface area contributed by atoms with Crippen molar-refractivity contribution in [3.63, 3.8) is 0 Å². The van der Waals surface area contributed by atoms with Crippen LogP contribution in [0.3, 0.4) is 0 Å². The van der Waals surface area contributed by atoms with Gasteiger partial charge in [0.25, 0.3) is 0 Å². The Morgan fingerprint density at radius 3 is 2.91 bits per heavy atom. The molecule has 1 aromatic heterocycles. The summed E-state index contributed by atoms with van der Waals surface area (Å²) in [5.74, 6) is 0.633. The molecule has 0 radical (unpaired) electrons. The molecule has 3 aliphatic rings. The molecule has 2 aromatic rings. The Hall–Kier alpha value is -1.76. The topological polar surface area (TPSA) is 64.5 Å². The van der Waals surface area contributed by atoms with Gasteiger partial charge in [-0.1, -0.05) is 17.3 Å². The molecule has 1 aliphatic carbocycles. The molecule has 0 amide bonds. The van der Waals surface area contributed by atoms with Crippen LogP contribution in [-0.2, 0) is 16.1 Å². The minimum Gasteiger partial charge on any atom is -0.369 e. The van der Waals surface area contributed by atoms with Gasteiger partial charge in [0.05, 0.1) is 36.4 Å². The number of epoxide rings is 1. The van der Waals surface area contributed by atoms with Crippen LogP contribution < -0.4 is 5.32 Å². The Bertz CT molecular complexity index is 695. The van der Waals surface area contributed by atoms with E-state index < -0.39 is 0 Å². The fraction of sp³-hybridized carbons (Fsp3) is 0.529. The second kappa shape index (κ2) is 5.40. The van der Waals surface area contributed by atoms with Crippen molar-refractivity contribution < 1.29 is 9.47 Å². The number of hydrogen-bond donors (Lipinski definition) is 1. The van der Waals surface area contributed by atoms with Crippen LogP contribution >= 0.6 is 0 Å². The summed E-state index contributed by atoms with van der Waals surface area (Å²) in [6.07, 6.45) is 5.37. The van der Waals surface area contributed by atoms with Gasteiger partial charge in [0, 0.05) is 19.0 Å². The van der Waals surface area contributed by atoms with E-state index >= 15 is 0 Å². The van der Waals surface area contributed by atoms with E-state index in [1.165, 1.54) is 18.4 Å². The van der Waals surface area contributed by atoms with Crippen molar-refractivity contribution in [3.05, 3.63) is 41.7 Å². The maximum atomic E-state index is 5.99. The second-order valence-electron chi connectivity index (χ2n) is 6.68. The Morgan fingerprint density at radius 1 is 1.22 bits per heavy atom. The van der Waals surface area contributed by atoms with Crippen molar-refractivity contribution in [2.45, 2.75) is 43.7 Å². The minimum atomic E-state index is 0.171. The molecule has 3 heterocycles. The maximum absolute atomic E-state index is 5.99. The molecule has 5 rings (SSSR count). The van der Waals surface area contributed by atoms with Crippen molar-refractivity contribution in [1.29, 1.82) is 0 Å². The quantitative estimate of drug-likeness (QED) is 0.846. The van der Waals surface area contributed by atoms with Crippen LogP contribution in [0.25, 0.3) is 5.69 Å². The van der Waals surface area contributed by atoms with Crippen LogP contribution in [0.5, 0.6) is 0 Å². The van der Waals surface area contributed by atoms with Gasteiger partial charge in [0.15, 0.2) is 0 Å². The van der Waals surface area contributed by atoms with Crippen LogP contribution in [0, 0.1) is 0 Å². The van der Waals surface area contributed by atoms with E-state index in [2.05, 4.69) is 39.9 Å². The molecule has 1 aromatic carbocycles. The number of hydrogen-bond acceptors (Lipinski definition) is 5. The van der Waals surface area contributed by atoms with Gasteiger partial charge < -0.3 is 14.8 Å². The van der Waals surface area contributed by atoms with Gasteiger partial charge in [-0.05, 0) is 30.5 Å². The second-order valence-corrected chi connectivity index (χ2v) is 6.68. The smallest absolute Gasteiger partial charge is 0.113 e. The zero-order valence-electron chi connectivity index (χ0n) is 12.9. The van der Waals surface area contributed by atoms with Gasteiger partial charge >= 0.3 is 0 Å². The van der Waals surface area contributed by atoms with Gasteiger partial charge in [-0.2, -0.15) is 0 Å². The summed E-state index contributed by atoms with van der Waals surface area (Å²) >= 11 is 0.